The van der Waals surface area contributed by atoms with E-state index in [4.69, 9.17) is 17.3 Å². The molecule has 0 heterocycles. The van der Waals surface area contributed by atoms with Crippen LogP contribution in [0, 0.1) is 0 Å². The van der Waals surface area contributed by atoms with Gasteiger partial charge in [0.15, 0.2) is 0 Å². The molecule has 1 aromatic carbocycles. The highest BCUT2D eigenvalue weighted by atomic mass is 35.5. The van der Waals surface area contributed by atoms with Gasteiger partial charge in [0.25, 0.3) is 0 Å². The predicted molar refractivity (Wildman–Crippen MR) is 67.1 cm³/mol. The first-order chi connectivity index (χ1) is 7.63. The molecule has 0 spiro atoms. The molecule has 0 radical (unpaired) electrons. The van der Waals surface area contributed by atoms with Crippen LogP contribution >= 0.6 is 11.6 Å². The summed E-state index contributed by atoms with van der Waals surface area (Å²) in [6.07, 6.45) is 2.86. The van der Waals surface area contributed by atoms with Crippen molar-refractivity contribution in [2.75, 3.05) is 5.73 Å². The van der Waals surface area contributed by atoms with Gasteiger partial charge in [-0.1, -0.05) is 23.7 Å². The molecule has 86 valence electrons. The zero-order valence-corrected chi connectivity index (χ0v) is 9.76. The molecule has 4 heteroatoms. The van der Waals surface area contributed by atoms with Gasteiger partial charge in [-0.3, -0.25) is 4.79 Å². The molecule has 0 aliphatic carbocycles. The quantitative estimate of drug-likeness (QED) is 0.612. The van der Waals surface area contributed by atoms with Crippen molar-refractivity contribution < 1.29 is 4.79 Å². The fourth-order valence-electron chi connectivity index (χ4n) is 1.24. The Morgan fingerprint density at radius 1 is 1.56 bits per heavy atom. The van der Waals surface area contributed by atoms with Crippen LogP contribution in [-0.2, 0) is 11.3 Å². The minimum absolute atomic E-state index is 0.00532. The van der Waals surface area contributed by atoms with Crippen LogP contribution in [0.5, 0.6) is 0 Å². The van der Waals surface area contributed by atoms with Gasteiger partial charge in [-0.2, -0.15) is 0 Å². The molecule has 0 aliphatic rings. The molecule has 1 amide bonds. The van der Waals surface area contributed by atoms with E-state index in [9.17, 15) is 4.79 Å². The van der Waals surface area contributed by atoms with Crippen LogP contribution in [0.1, 0.15) is 18.4 Å². The van der Waals surface area contributed by atoms with Crippen LogP contribution in [0.25, 0.3) is 0 Å². The van der Waals surface area contributed by atoms with Crippen molar-refractivity contribution in [1.82, 2.24) is 5.32 Å². The second-order valence-electron chi connectivity index (χ2n) is 3.45. The number of benzene rings is 1. The third-order valence-electron chi connectivity index (χ3n) is 2.16. The summed E-state index contributed by atoms with van der Waals surface area (Å²) < 4.78 is 0. The standard InChI is InChI=1S/C12H15ClN2O/c1-2-3-4-12(16)15-8-9-5-6-10(13)7-11(9)14/h2,5-7H,1,3-4,8,14H2,(H,15,16). The van der Waals surface area contributed by atoms with Crippen LogP contribution < -0.4 is 11.1 Å². The normalized spacial score (nSPS) is 9.81. The first kappa shape index (κ1) is 12.6. The predicted octanol–water partition coefficient (Wildman–Crippen LogP) is 2.50. The first-order valence-electron chi connectivity index (χ1n) is 5.05. The van der Waals surface area contributed by atoms with Gasteiger partial charge in [-0.25, -0.2) is 0 Å². The van der Waals surface area contributed by atoms with E-state index in [1.54, 1.807) is 18.2 Å². The Morgan fingerprint density at radius 3 is 2.94 bits per heavy atom. The first-order valence-corrected chi connectivity index (χ1v) is 5.42. The Morgan fingerprint density at radius 2 is 2.31 bits per heavy atom. The lowest BCUT2D eigenvalue weighted by atomic mass is 10.2. The van der Waals surface area contributed by atoms with Gasteiger partial charge in [0.1, 0.15) is 0 Å². The Hall–Kier alpha value is -1.48. The van der Waals surface area contributed by atoms with E-state index >= 15 is 0 Å². The van der Waals surface area contributed by atoms with E-state index in [-0.39, 0.29) is 5.91 Å². The summed E-state index contributed by atoms with van der Waals surface area (Å²) >= 11 is 5.77. The number of hydrogen-bond donors (Lipinski definition) is 2. The number of nitrogens with two attached hydrogens (primary N) is 1. The largest absolute Gasteiger partial charge is 0.398 e. The number of amides is 1. The topological polar surface area (TPSA) is 55.1 Å². The molecule has 3 N–H and O–H groups in total. The van der Waals surface area contributed by atoms with Gasteiger partial charge >= 0.3 is 0 Å². The lowest BCUT2D eigenvalue weighted by Crippen LogP contribution is -2.22. The number of anilines is 1. The summed E-state index contributed by atoms with van der Waals surface area (Å²) in [6, 6.07) is 5.24. The minimum atomic E-state index is -0.00532. The van der Waals surface area contributed by atoms with Crippen molar-refractivity contribution in [3.63, 3.8) is 0 Å². The fourth-order valence-corrected chi connectivity index (χ4v) is 1.42. The van der Waals surface area contributed by atoms with Crippen LogP contribution in [-0.4, -0.2) is 5.91 Å². The molecule has 0 saturated heterocycles. The Labute approximate surface area is 100 Å². The third kappa shape index (κ3) is 3.95. The maximum Gasteiger partial charge on any atom is 0.220 e. The number of rotatable bonds is 5. The monoisotopic (exact) mass is 238 g/mol. The van der Waals surface area contributed by atoms with Gasteiger partial charge in [-0.05, 0) is 24.1 Å². The Balaban J connectivity index is 2.48. The Kier molecular flexibility index (Phi) is 4.86. The van der Waals surface area contributed by atoms with Gasteiger partial charge in [0.2, 0.25) is 5.91 Å². The van der Waals surface area contributed by atoms with E-state index in [0.717, 1.165) is 5.56 Å². The molecule has 0 atom stereocenters. The molecule has 0 fully saturated rings. The second-order valence-corrected chi connectivity index (χ2v) is 3.88. The van der Waals surface area contributed by atoms with E-state index < -0.39 is 0 Å². The number of halogens is 1. The van der Waals surface area contributed by atoms with Gasteiger partial charge in [0.05, 0.1) is 0 Å². The molecule has 1 aromatic rings. The molecule has 0 aliphatic heterocycles. The van der Waals surface area contributed by atoms with Gasteiger partial charge < -0.3 is 11.1 Å². The van der Waals surface area contributed by atoms with Gasteiger partial charge in [0, 0.05) is 23.7 Å². The highest BCUT2D eigenvalue weighted by molar-refractivity contribution is 6.30. The zero-order chi connectivity index (χ0) is 12.0. The molecule has 3 nitrogen and oxygen atoms in total. The van der Waals surface area contributed by atoms with E-state index in [0.29, 0.717) is 30.1 Å². The summed E-state index contributed by atoms with van der Waals surface area (Å²) in [6.45, 7) is 3.99. The van der Waals surface area contributed by atoms with Crippen LogP contribution in [0.2, 0.25) is 5.02 Å². The van der Waals surface area contributed by atoms with Crippen molar-refractivity contribution in [2.45, 2.75) is 19.4 Å². The third-order valence-corrected chi connectivity index (χ3v) is 2.39. The SMILES string of the molecule is C=CCCC(=O)NCc1ccc(Cl)cc1N. The van der Waals surface area contributed by atoms with Crippen LogP contribution in [0.3, 0.4) is 0 Å². The number of carbonyl (C=O) groups is 1. The highest BCUT2D eigenvalue weighted by Crippen LogP contribution is 2.17. The smallest absolute Gasteiger partial charge is 0.220 e. The summed E-state index contributed by atoms with van der Waals surface area (Å²) in [4.78, 5) is 11.3. The summed E-state index contributed by atoms with van der Waals surface area (Å²) in [5.41, 5.74) is 7.22. The van der Waals surface area contributed by atoms with Crippen molar-refractivity contribution in [2.24, 2.45) is 0 Å². The molecule has 0 bridgehead atoms. The molecule has 16 heavy (non-hydrogen) atoms. The number of nitrogens with one attached hydrogen (secondary N) is 1. The number of hydrogen-bond acceptors (Lipinski definition) is 2. The molecular formula is C12H15ClN2O. The van der Waals surface area contributed by atoms with Crippen molar-refractivity contribution >= 4 is 23.2 Å². The van der Waals surface area contributed by atoms with E-state index in [1.165, 1.54) is 0 Å². The maximum atomic E-state index is 11.3. The van der Waals surface area contributed by atoms with Crippen molar-refractivity contribution in [1.29, 1.82) is 0 Å². The zero-order valence-electron chi connectivity index (χ0n) is 9.00. The summed E-state index contributed by atoms with van der Waals surface area (Å²) in [5, 5.41) is 3.38. The van der Waals surface area contributed by atoms with Crippen LogP contribution in [0.4, 0.5) is 5.69 Å². The number of carbonyl (C=O) groups excluding carboxylic acids is 1. The molecule has 0 saturated carbocycles. The lowest BCUT2D eigenvalue weighted by Gasteiger charge is -2.07. The molecule has 0 aromatic heterocycles. The van der Waals surface area contributed by atoms with Crippen LogP contribution in [0.15, 0.2) is 30.9 Å². The number of allylic oxidation sites excluding steroid dienone is 1. The maximum absolute atomic E-state index is 11.3. The lowest BCUT2D eigenvalue weighted by molar-refractivity contribution is -0.121. The Bertz CT molecular complexity index is 391. The fraction of sp³-hybridized carbons (Fsp3) is 0.250. The average Bonchev–Trinajstić information content (AvgIpc) is 2.25. The second kappa shape index (κ2) is 6.18. The molecule has 0 unspecified atom stereocenters. The highest BCUT2D eigenvalue weighted by Gasteiger charge is 2.03. The van der Waals surface area contributed by atoms with Crippen molar-refractivity contribution in [3.8, 4) is 0 Å². The van der Waals surface area contributed by atoms with Gasteiger partial charge in [-0.15, -0.1) is 6.58 Å². The van der Waals surface area contributed by atoms with E-state index in [1.807, 2.05) is 6.07 Å². The molecular weight excluding hydrogens is 224 g/mol. The van der Waals surface area contributed by atoms with E-state index in [2.05, 4.69) is 11.9 Å². The average molecular weight is 239 g/mol. The summed E-state index contributed by atoms with van der Waals surface area (Å²) in [5.74, 6) is -0.00532. The molecule has 1 rings (SSSR count). The number of nitrogen functional groups attached to an aromatic ring is 1. The minimum Gasteiger partial charge on any atom is -0.398 e. The summed E-state index contributed by atoms with van der Waals surface area (Å²) in [7, 11) is 0. The van der Waals surface area contributed by atoms with Crippen molar-refractivity contribution in [3.05, 3.63) is 41.4 Å².